The molecule has 0 aliphatic heterocycles. The highest BCUT2D eigenvalue weighted by Gasteiger charge is 2.24. The summed E-state index contributed by atoms with van der Waals surface area (Å²) in [6, 6.07) is 6.06. The van der Waals surface area contributed by atoms with E-state index in [4.69, 9.17) is 16.7 Å². The fourth-order valence-corrected chi connectivity index (χ4v) is 1.19. The third-order valence-electron chi connectivity index (χ3n) is 2.02. The molecule has 0 spiro atoms. The van der Waals surface area contributed by atoms with Gasteiger partial charge in [-0.05, 0) is 24.6 Å². The molecule has 0 fully saturated rings. The molecule has 0 amide bonds. The van der Waals surface area contributed by atoms with E-state index in [-0.39, 0.29) is 0 Å². The standard InChI is InChI=1S/C10H10ClFO2/c1-6(10(13)14)9(12)7-2-4-8(11)5-3-7/h2-6,9H,1H3,(H,13,14). The van der Waals surface area contributed by atoms with Crippen LogP contribution in [0.4, 0.5) is 4.39 Å². The fraction of sp³-hybridized carbons (Fsp3) is 0.300. The number of carboxylic acids is 1. The highest BCUT2D eigenvalue weighted by atomic mass is 35.5. The molecule has 0 radical (unpaired) electrons. The first-order chi connectivity index (χ1) is 6.52. The van der Waals surface area contributed by atoms with Crippen molar-refractivity contribution in [2.24, 2.45) is 5.92 Å². The van der Waals surface area contributed by atoms with Crippen LogP contribution in [-0.2, 0) is 4.79 Å². The van der Waals surface area contributed by atoms with Crippen molar-refractivity contribution >= 4 is 17.6 Å². The van der Waals surface area contributed by atoms with E-state index < -0.39 is 18.1 Å². The highest BCUT2D eigenvalue weighted by Crippen LogP contribution is 2.27. The van der Waals surface area contributed by atoms with Crippen LogP contribution in [0.15, 0.2) is 24.3 Å². The van der Waals surface area contributed by atoms with E-state index in [9.17, 15) is 9.18 Å². The lowest BCUT2D eigenvalue weighted by Gasteiger charge is -2.12. The Labute approximate surface area is 86.3 Å². The van der Waals surface area contributed by atoms with Gasteiger partial charge in [0.25, 0.3) is 0 Å². The van der Waals surface area contributed by atoms with Crippen molar-refractivity contribution in [2.75, 3.05) is 0 Å². The molecule has 0 saturated carbocycles. The molecule has 2 nitrogen and oxygen atoms in total. The number of halogens is 2. The maximum absolute atomic E-state index is 13.5. The zero-order valence-corrected chi connectivity index (χ0v) is 8.33. The minimum absolute atomic E-state index is 0.337. The molecule has 0 heterocycles. The van der Waals surface area contributed by atoms with Gasteiger partial charge in [0, 0.05) is 5.02 Å². The fourth-order valence-electron chi connectivity index (χ4n) is 1.06. The maximum atomic E-state index is 13.5. The number of alkyl halides is 1. The third-order valence-corrected chi connectivity index (χ3v) is 2.27. The number of rotatable bonds is 3. The van der Waals surface area contributed by atoms with Gasteiger partial charge in [0.1, 0.15) is 6.17 Å². The molecule has 4 heteroatoms. The second-order valence-corrected chi connectivity index (χ2v) is 3.52. The monoisotopic (exact) mass is 216 g/mol. The summed E-state index contributed by atoms with van der Waals surface area (Å²) >= 11 is 5.62. The third kappa shape index (κ3) is 2.45. The largest absolute Gasteiger partial charge is 0.481 e. The Morgan fingerprint density at radius 3 is 2.36 bits per heavy atom. The lowest BCUT2D eigenvalue weighted by molar-refractivity contribution is -0.143. The molecule has 2 unspecified atom stereocenters. The number of hydrogen-bond acceptors (Lipinski definition) is 1. The van der Waals surface area contributed by atoms with Crippen molar-refractivity contribution in [2.45, 2.75) is 13.1 Å². The van der Waals surface area contributed by atoms with Gasteiger partial charge in [-0.3, -0.25) is 4.79 Å². The summed E-state index contributed by atoms with van der Waals surface area (Å²) in [6.45, 7) is 1.33. The van der Waals surface area contributed by atoms with E-state index in [1.165, 1.54) is 31.2 Å². The van der Waals surface area contributed by atoms with Crippen LogP contribution >= 0.6 is 11.6 Å². The van der Waals surface area contributed by atoms with E-state index in [1.807, 2.05) is 0 Å². The lowest BCUT2D eigenvalue weighted by Crippen LogP contribution is -2.15. The Hall–Kier alpha value is -1.09. The van der Waals surface area contributed by atoms with Gasteiger partial charge in [0.15, 0.2) is 0 Å². The van der Waals surface area contributed by atoms with Gasteiger partial charge >= 0.3 is 5.97 Å². The maximum Gasteiger partial charge on any atom is 0.309 e. The topological polar surface area (TPSA) is 37.3 Å². The summed E-state index contributed by atoms with van der Waals surface area (Å²) in [5.74, 6) is -2.19. The molecule has 76 valence electrons. The Balaban J connectivity index is 2.84. The Kier molecular flexibility index (Phi) is 3.47. The van der Waals surface area contributed by atoms with Crippen LogP contribution in [-0.4, -0.2) is 11.1 Å². The van der Waals surface area contributed by atoms with Crippen LogP contribution in [0.1, 0.15) is 18.7 Å². The molecular formula is C10H10ClFO2. The molecule has 1 aromatic rings. The summed E-state index contributed by atoms with van der Waals surface area (Å²) in [5, 5.41) is 9.11. The van der Waals surface area contributed by atoms with Crippen molar-refractivity contribution in [3.05, 3.63) is 34.9 Å². The smallest absolute Gasteiger partial charge is 0.309 e. The van der Waals surface area contributed by atoms with Crippen LogP contribution in [0.25, 0.3) is 0 Å². The summed E-state index contributed by atoms with van der Waals surface area (Å²) in [5.41, 5.74) is 0.337. The number of hydrogen-bond donors (Lipinski definition) is 1. The van der Waals surface area contributed by atoms with Crippen molar-refractivity contribution in [1.29, 1.82) is 0 Å². The summed E-state index contributed by atoms with van der Waals surface area (Å²) in [6.07, 6.45) is -1.50. The van der Waals surface area contributed by atoms with Crippen LogP contribution in [0.5, 0.6) is 0 Å². The van der Waals surface area contributed by atoms with Crippen LogP contribution in [0.2, 0.25) is 5.02 Å². The summed E-state index contributed by atoms with van der Waals surface area (Å²) < 4.78 is 13.5. The molecule has 1 N–H and O–H groups in total. The number of benzene rings is 1. The molecule has 0 bridgehead atoms. The minimum atomic E-state index is -1.50. The van der Waals surface area contributed by atoms with Crippen molar-refractivity contribution in [1.82, 2.24) is 0 Å². The molecule has 0 aliphatic carbocycles. The quantitative estimate of drug-likeness (QED) is 0.843. The molecule has 0 aromatic heterocycles. The first-order valence-corrected chi connectivity index (χ1v) is 4.52. The first kappa shape index (κ1) is 11.0. The van der Waals surface area contributed by atoms with E-state index >= 15 is 0 Å². The summed E-state index contributed by atoms with van der Waals surface area (Å²) in [4.78, 5) is 10.5. The average molecular weight is 217 g/mol. The normalized spacial score (nSPS) is 14.8. The average Bonchev–Trinajstić information content (AvgIpc) is 2.16. The molecule has 2 atom stereocenters. The van der Waals surface area contributed by atoms with Crippen LogP contribution < -0.4 is 0 Å². The van der Waals surface area contributed by atoms with Gasteiger partial charge in [-0.1, -0.05) is 23.7 Å². The van der Waals surface area contributed by atoms with Crippen molar-refractivity contribution in [3.8, 4) is 0 Å². The Morgan fingerprint density at radius 2 is 1.93 bits per heavy atom. The minimum Gasteiger partial charge on any atom is -0.481 e. The number of carboxylic acid groups (broad SMARTS) is 1. The summed E-state index contributed by atoms with van der Waals surface area (Å²) in [7, 11) is 0. The van der Waals surface area contributed by atoms with Crippen molar-refractivity contribution in [3.63, 3.8) is 0 Å². The van der Waals surface area contributed by atoms with Gasteiger partial charge in [-0.25, -0.2) is 4.39 Å². The van der Waals surface area contributed by atoms with Crippen LogP contribution in [0.3, 0.4) is 0 Å². The van der Waals surface area contributed by atoms with Gasteiger partial charge in [0.2, 0.25) is 0 Å². The second-order valence-electron chi connectivity index (χ2n) is 3.08. The van der Waals surface area contributed by atoms with Crippen molar-refractivity contribution < 1.29 is 14.3 Å². The molecular weight excluding hydrogens is 207 g/mol. The molecule has 0 saturated heterocycles. The van der Waals surface area contributed by atoms with Gasteiger partial charge in [0.05, 0.1) is 5.92 Å². The van der Waals surface area contributed by atoms with E-state index in [1.54, 1.807) is 0 Å². The number of carbonyl (C=O) groups is 1. The van der Waals surface area contributed by atoms with Crippen LogP contribution in [0, 0.1) is 5.92 Å². The highest BCUT2D eigenvalue weighted by molar-refractivity contribution is 6.30. The van der Waals surface area contributed by atoms with Gasteiger partial charge in [-0.2, -0.15) is 0 Å². The molecule has 1 aromatic carbocycles. The molecule has 14 heavy (non-hydrogen) atoms. The molecule has 0 aliphatic rings. The Morgan fingerprint density at radius 1 is 1.43 bits per heavy atom. The van der Waals surface area contributed by atoms with E-state index in [2.05, 4.69) is 0 Å². The van der Waals surface area contributed by atoms with Gasteiger partial charge in [-0.15, -0.1) is 0 Å². The predicted octanol–water partition coefficient (Wildman–Crippen LogP) is 3.07. The zero-order chi connectivity index (χ0) is 10.7. The van der Waals surface area contributed by atoms with E-state index in [0.717, 1.165) is 0 Å². The second kappa shape index (κ2) is 4.42. The first-order valence-electron chi connectivity index (χ1n) is 4.14. The van der Waals surface area contributed by atoms with Gasteiger partial charge < -0.3 is 5.11 Å². The predicted molar refractivity (Wildman–Crippen MR) is 52.1 cm³/mol. The SMILES string of the molecule is CC(C(=O)O)C(F)c1ccc(Cl)cc1. The molecule has 1 rings (SSSR count). The van der Waals surface area contributed by atoms with E-state index in [0.29, 0.717) is 10.6 Å². The zero-order valence-electron chi connectivity index (χ0n) is 7.58. The number of aliphatic carboxylic acids is 1. The lowest BCUT2D eigenvalue weighted by atomic mass is 9.99. The Bertz CT molecular complexity index is 323.